The molecule has 2 rings (SSSR count). The van der Waals surface area contributed by atoms with Gasteiger partial charge in [0.25, 0.3) is 5.91 Å². The molecular weight excluding hydrogens is 793 g/mol. The molecule has 0 bridgehead atoms. The van der Waals surface area contributed by atoms with Crippen molar-refractivity contribution >= 4 is 41.0 Å². The number of rotatable bonds is 22. The smallest absolute Gasteiger partial charge is 0.287 e. The van der Waals surface area contributed by atoms with Crippen molar-refractivity contribution < 1.29 is 33.6 Å². The van der Waals surface area contributed by atoms with Gasteiger partial charge in [0, 0.05) is 32.4 Å². The second kappa shape index (κ2) is 46.1. The Labute approximate surface area is 387 Å². The summed E-state index contributed by atoms with van der Waals surface area (Å²) in [5.74, 6) is 1.57. The van der Waals surface area contributed by atoms with E-state index < -0.39 is 11.7 Å². The Hall–Kier alpha value is -3.89. The number of amides is 4. The predicted octanol–water partition coefficient (Wildman–Crippen LogP) is 11.1. The second-order valence-corrected chi connectivity index (χ2v) is 17.5. The highest BCUT2D eigenvalue weighted by Crippen LogP contribution is 2.28. The van der Waals surface area contributed by atoms with Gasteiger partial charge in [0.05, 0.1) is 19.0 Å². The predicted molar refractivity (Wildman–Crippen MR) is 265 cm³/mol. The molecule has 4 amide bonds. The maximum absolute atomic E-state index is 12.1. The van der Waals surface area contributed by atoms with Crippen LogP contribution in [0.3, 0.4) is 0 Å². The van der Waals surface area contributed by atoms with Crippen molar-refractivity contribution in [2.75, 3.05) is 27.2 Å². The standard InChI is InChI=1S/C14H21NO.C11H23NO.C9H15NO3.C7H11NO2.C5H12.C4H10.C2H6/c1-4-5-11-13(14(16)15(2)3)12-9-7-6-8-10-12;1-4-6-7-10(11(12)13)8-9(3)5-2;1-3-4-5-8(12)9(13)10-6-7(2)11;1-5(9)4-8-7(10)6-2-3-6;1-4-5(2)3;1-4(2)3;1-2/h6-10,13H,4-5,11H2,1-3H3;9-10H,4-8H2,1-3H3,(H2,12,13);3-6H2,1-2H3,(H,10,13);6H,2-4H2,1H3,(H,8,10);5H,4H2,1-3H3;4H,1-3H3;1-2H3. The highest BCUT2D eigenvalue weighted by Gasteiger charge is 2.29. The Kier molecular flexibility index (Phi) is 49.9. The van der Waals surface area contributed by atoms with Crippen molar-refractivity contribution in [3.8, 4) is 0 Å². The lowest BCUT2D eigenvalue weighted by Crippen LogP contribution is -2.34. The number of benzene rings is 1. The first kappa shape index (κ1) is 68.2. The Bertz CT molecular complexity index is 1310. The van der Waals surface area contributed by atoms with E-state index in [1.165, 1.54) is 20.3 Å². The van der Waals surface area contributed by atoms with Crippen LogP contribution in [0.2, 0.25) is 0 Å². The number of primary amides is 1. The van der Waals surface area contributed by atoms with Gasteiger partial charge in [0.15, 0.2) is 0 Å². The van der Waals surface area contributed by atoms with Crippen LogP contribution in [0.5, 0.6) is 0 Å². The van der Waals surface area contributed by atoms with Gasteiger partial charge in [-0.3, -0.25) is 33.6 Å². The van der Waals surface area contributed by atoms with Gasteiger partial charge in [-0.05, 0) is 75.7 Å². The van der Waals surface area contributed by atoms with Gasteiger partial charge in [0.1, 0.15) is 11.6 Å². The summed E-state index contributed by atoms with van der Waals surface area (Å²) in [4.78, 5) is 78.5. The minimum absolute atomic E-state index is 0.00833. The number of hydrogen-bond acceptors (Lipinski definition) is 7. The summed E-state index contributed by atoms with van der Waals surface area (Å²) in [6.45, 7) is 30.7. The van der Waals surface area contributed by atoms with Crippen molar-refractivity contribution in [3.05, 3.63) is 35.9 Å². The van der Waals surface area contributed by atoms with Crippen molar-refractivity contribution in [2.24, 2.45) is 35.3 Å². The number of ketones is 3. The number of unbranched alkanes of at least 4 members (excludes halogenated alkanes) is 3. The fraction of sp³-hybridized carbons (Fsp3) is 0.750. The van der Waals surface area contributed by atoms with E-state index in [1.54, 1.807) is 4.90 Å². The quantitative estimate of drug-likeness (QED) is 0.0972. The third-order valence-electron chi connectivity index (χ3n) is 9.26. The van der Waals surface area contributed by atoms with Gasteiger partial charge >= 0.3 is 0 Å². The number of carbonyl (C=O) groups excluding carboxylic acids is 7. The largest absolute Gasteiger partial charge is 0.369 e. The number of nitrogens with one attached hydrogen (secondary N) is 2. The molecule has 0 spiro atoms. The molecule has 1 aliphatic carbocycles. The summed E-state index contributed by atoms with van der Waals surface area (Å²) in [5.41, 5.74) is 6.48. The van der Waals surface area contributed by atoms with Gasteiger partial charge in [-0.25, -0.2) is 0 Å². The second-order valence-electron chi connectivity index (χ2n) is 17.5. The zero-order valence-corrected chi connectivity index (χ0v) is 43.5. The van der Waals surface area contributed by atoms with Crippen LogP contribution >= 0.6 is 0 Å². The van der Waals surface area contributed by atoms with Gasteiger partial charge in [-0.1, -0.05) is 165 Å². The lowest BCUT2D eigenvalue weighted by Gasteiger charge is -2.20. The summed E-state index contributed by atoms with van der Waals surface area (Å²) in [5, 5.41) is 4.81. The lowest BCUT2D eigenvalue weighted by molar-refractivity contribution is -0.138. The van der Waals surface area contributed by atoms with Crippen LogP contribution in [0.25, 0.3) is 0 Å². The number of hydrogen-bond donors (Lipinski definition) is 3. The fourth-order valence-corrected chi connectivity index (χ4v) is 4.77. The first-order chi connectivity index (χ1) is 29.6. The van der Waals surface area contributed by atoms with E-state index >= 15 is 0 Å². The molecule has 3 atom stereocenters. The molecule has 11 heteroatoms. The average molecular weight is 891 g/mol. The molecule has 1 aliphatic rings. The zero-order chi connectivity index (χ0) is 49.9. The molecule has 1 fully saturated rings. The lowest BCUT2D eigenvalue weighted by atomic mass is 9.90. The van der Waals surface area contributed by atoms with E-state index in [4.69, 9.17) is 5.73 Å². The van der Waals surface area contributed by atoms with E-state index in [1.807, 2.05) is 65.2 Å². The minimum atomic E-state index is -0.649. The Morgan fingerprint density at radius 2 is 1.14 bits per heavy atom. The van der Waals surface area contributed by atoms with Gasteiger partial charge in [0.2, 0.25) is 23.5 Å². The highest BCUT2D eigenvalue weighted by molar-refractivity contribution is 6.36. The first-order valence-electron chi connectivity index (χ1n) is 24.2. The molecule has 63 heavy (non-hydrogen) atoms. The molecule has 0 aromatic heterocycles. The molecule has 1 saturated carbocycles. The third kappa shape index (κ3) is 49.0. The molecular formula is C52H98N4O7. The fourth-order valence-electron chi connectivity index (χ4n) is 4.77. The van der Waals surface area contributed by atoms with Gasteiger partial charge in [-0.15, -0.1) is 0 Å². The molecule has 4 N–H and O–H groups in total. The van der Waals surface area contributed by atoms with Crippen molar-refractivity contribution in [2.45, 2.75) is 200 Å². The molecule has 0 radical (unpaired) electrons. The van der Waals surface area contributed by atoms with Gasteiger partial charge < -0.3 is 21.3 Å². The van der Waals surface area contributed by atoms with Crippen molar-refractivity contribution in [3.63, 3.8) is 0 Å². The topological polar surface area (TPSA) is 173 Å². The van der Waals surface area contributed by atoms with Crippen molar-refractivity contribution in [1.82, 2.24) is 15.5 Å². The maximum Gasteiger partial charge on any atom is 0.287 e. The first-order valence-corrected chi connectivity index (χ1v) is 24.2. The SMILES string of the molecule is CC.CC(=O)CNC(=O)C1CC1.CC(C)C.CCC(C)C.CCCCC(=O)C(=O)NCC(C)=O.CCCCC(C(=O)N(C)C)c1ccccc1.CCCCC(CC(C)CC)C(N)=O. The van der Waals surface area contributed by atoms with Crippen molar-refractivity contribution in [1.29, 1.82) is 0 Å². The zero-order valence-electron chi connectivity index (χ0n) is 43.5. The number of Topliss-reactive ketones (excluding diaryl/α,β-unsaturated/α-hetero) is 3. The summed E-state index contributed by atoms with van der Waals surface area (Å²) in [6.07, 6.45) is 13.6. The Morgan fingerprint density at radius 1 is 0.698 bits per heavy atom. The highest BCUT2D eigenvalue weighted by atomic mass is 16.2. The molecule has 3 unspecified atom stereocenters. The minimum Gasteiger partial charge on any atom is -0.369 e. The molecule has 1 aromatic rings. The molecule has 11 nitrogen and oxygen atoms in total. The van der Waals surface area contributed by atoms with Crippen LogP contribution < -0.4 is 16.4 Å². The maximum atomic E-state index is 12.1. The monoisotopic (exact) mass is 891 g/mol. The van der Waals surface area contributed by atoms with E-state index in [0.717, 1.165) is 88.0 Å². The average Bonchev–Trinajstić information content (AvgIpc) is 4.10. The van der Waals surface area contributed by atoms with Crippen LogP contribution in [0.15, 0.2) is 30.3 Å². The van der Waals surface area contributed by atoms with Crippen LogP contribution in [-0.2, 0) is 33.6 Å². The number of nitrogens with two attached hydrogens (primary N) is 1. The normalized spacial score (nSPS) is 12.2. The molecule has 368 valence electrons. The van der Waals surface area contributed by atoms with Crippen LogP contribution in [0.4, 0.5) is 0 Å². The van der Waals surface area contributed by atoms with E-state index in [0.29, 0.717) is 12.3 Å². The van der Waals surface area contributed by atoms with E-state index in [-0.39, 0.29) is 66.6 Å². The molecule has 0 aliphatic heterocycles. The van der Waals surface area contributed by atoms with Crippen LogP contribution in [-0.4, -0.2) is 73.1 Å². The number of nitrogens with zero attached hydrogens (tertiary/aromatic N) is 1. The summed E-state index contributed by atoms with van der Waals surface area (Å²) < 4.78 is 0. The van der Waals surface area contributed by atoms with E-state index in [9.17, 15) is 33.6 Å². The summed E-state index contributed by atoms with van der Waals surface area (Å²) >= 11 is 0. The van der Waals surface area contributed by atoms with Crippen LogP contribution in [0, 0.1) is 29.6 Å². The Morgan fingerprint density at radius 3 is 1.51 bits per heavy atom. The molecule has 0 saturated heterocycles. The Balaban J connectivity index is -0.000000221. The summed E-state index contributed by atoms with van der Waals surface area (Å²) in [6, 6.07) is 10.1. The summed E-state index contributed by atoms with van der Waals surface area (Å²) in [7, 11) is 3.65. The number of carbonyl (C=O) groups is 7. The molecule has 0 heterocycles. The van der Waals surface area contributed by atoms with E-state index in [2.05, 4.69) is 79.9 Å². The number of likely N-dealkylation sites (N-methyl/N-ethyl adjacent to an activating group) is 1. The van der Waals surface area contributed by atoms with Gasteiger partial charge in [-0.2, -0.15) is 0 Å². The molecule has 1 aromatic carbocycles. The third-order valence-corrected chi connectivity index (χ3v) is 9.26. The van der Waals surface area contributed by atoms with Crippen LogP contribution in [0.1, 0.15) is 205 Å².